The number of aromatic nitrogens is 2. The smallest absolute Gasteiger partial charge is 0.338 e. The van der Waals surface area contributed by atoms with Gasteiger partial charge in [0.1, 0.15) is 18.5 Å². The molecular formula is C44H35N3O8S. The highest BCUT2D eigenvalue weighted by atomic mass is 32.2. The zero-order valence-corrected chi connectivity index (χ0v) is 30.6. The molecule has 7 rings (SSSR count). The van der Waals surface area contributed by atoms with E-state index >= 15 is 0 Å². The predicted molar refractivity (Wildman–Crippen MR) is 210 cm³/mol. The number of ether oxygens (including phenoxy) is 4. The van der Waals surface area contributed by atoms with Crippen LogP contribution in [0.2, 0.25) is 0 Å². The summed E-state index contributed by atoms with van der Waals surface area (Å²) < 4.78 is 26.3. The van der Waals surface area contributed by atoms with E-state index in [0.29, 0.717) is 11.3 Å². The molecule has 0 unspecified atom stereocenters. The lowest BCUT2D eigenvalue weighted by atomic mass is 10.1. The minimum absolute atomic E-state index is 0.130. The molecule has 0 N–H and O–H groups in total. The third kappa shape index (κ3) is 9.35. The van der Waals surface area contributed by atoms with E-state index in [0.717, 1.165) is 11.1 Å². The highest BCUT2D eigenvalue weighted by Crippen LogP contribution is 2.40. The van der Waals surface area contributed by atoms with Crippen molar-refractivity contribution in [3.8, 4) is 0 Å². The Morgan fingerprint density at radius 2 is 1.18 bits per heavy atom. The topological polar surface area (TPSA) is 135 Å². The molecule has 0 amide bonds. The van der Waals surface area contributed by atoms with E-state index in [4.69, 9.17) is 23.9 Å². The number of carbonyl (C=O) groups excluding carboxylic acids is 3. The zero-order valence-electron chi connectivity index (χ0n) is 29.8. The lowest BCUT2D eigenvalue weighted by Crippen LogP contribution is -2.41. The number of esters is 3. The molecular weight excluding hydrogens is 731 g/mol. The van der Waals surface area contributed by atoms with Gasteiger partial charge in [0.25, 0.3) is 5.56 Å². The van der Waals surface area contributed by atoms with Crippen molar-refractivity contribution in [2.24, 2.45) is 4.99 Å². The van der Waals surface area contributed by atoms with Gasteiger partial charge in [-0.15, -0.1) is 0 Å². The van der Waals surface area contributed by atoms with Crippen LogP contribution < -0.4 is 5.56 Å². The van der Waals surface area contributed by atoms with E-state index in [2.05, 4.69) is 4.98 Å². The summed E-state index contributed by atoms with van der Waals surface area (Å²) in [5.41, 5.74) is 1.92. The first-order valence-electron chi connectivity index (χ1n) is 17.7. The summed E-state index contributed by atoms with van der Waals surface area (Å²) in [4.78, 5) is 63.1. The van der Waals surface area contributed by atoms with Crippen LogP contribution in [-0.4, -0.2) is 58.6 Å². The molecule has 5 aromatic carbocycles. The Labute approximate surface area is 326 Å². The van der Waals surface area contributed by atoms with Gasteiger partial charge in [-0.05, 0) is 47.5 Å². The highest BCUT2D eigenvalue weighted by molar-refractivity contribution is 7.98. The molecule has 0 spiro atoms. The Morgan fingerprint density at radius 3 is 1.75 bits per heavy atom. The Kier molecular flexibility index (Phi) is 12.2. The second-order valence-electron chi connectivity index (χ2n) is 12.5. The molecule has 1 aliphatic heterocycles. The zero-order chi connectivity index (χ0) is 38.7. The average molecular weight is 766 g/mol. The summed E-state index contributed by atoms with van der Waals surface area (Å²) >= 11 is 1.25. The normalized spacial score (nSPS) is 17.6. The van der Waals surface area contributed by atoms with Crippen LogP contribution in [0.15, 0.2) is 173 Å². The lowest BCUT2D eigenvalue weighted by molar-refractivity contribution is -0.0654. The van der Waals surface area contributed by atoms with Crippen LogP contribution in [0.4, 0.5) is 5.82 Å². The fourth-order valence-electron chi connectivity index (χ4n) is 5.97. The molecule has 1 fully saturated rings. The summed E-state index contributed by atoms with van der Waals surface area (Å²) in [5.74, 6) is -1.55. The number of rotatable bonds is 13. The molecule has 56 heavy (non-hydrogen) atoms. The number of benzene rings is 5. The Balaban J connectivity index is 1.34. The molecule has 1 saturated heterocycles. The molecule has 280 valence electrons. The maximum Gasteiger partial charge on any atom is 0.338 e. The molecule has 6 aromatic rings. The molecule has 0 radical (unpaired) electrons. The van der Waals surface area contributed by atoms with Crippen molar-refractivity contribution in [3.63, 3.8) is 0 Å². The third-order valence-electron chi connectivity index (χ3n) is 8.70. The third-order valence-corrected chi connectivity index (χ3v) is 9.72. The second kappa shape index (κ2) is 18.1. The molecule has 11 nitrogen and oxygen atoms in total. The van der Waals surface area contributed by atoms with Crippen LogP contribution in [0.1, 0.15) is 48.4 Å². The van der Waals surface area contributed by atoms with Gasteiger partial charge in [-0.2, -0.15) is 4.98 Å². The SMILES string of the molecule is O=C(OC[C@H]1O[C@@H](n2c(/N=C/c3ccccc3)cc(=O)nc2SCc2ccccc2)[C@H](OC(=O)c2ccccc2)[C@@H]1OC(=O)c1ccccc1)c1ccccc1. The molecule has 0 bridgehead atoms. The predicted octanol–water partition coefficient (Wildman–Crippen LogP) is 7.49. The number of carbonyl (C=O) groups is 3. The average Bonchev–Trinajstić information content (AvgIpc) is 3.57. The van der Waals surface area contributed by atoms with Crippen molar-refractivity contribution in [1.29, 1.82) is 0 Å². The standard InChI is InChI=1S/C44H35N3O8S/c48-37-26-36(45-27-30-16-6-1-7-17-30)47(44(46-37)56-29-31-18-8-2-9-19-31)40-39(55-43(51)34-24-14-5-15-25-34)38(54-42(50)33-22-12-4-13-23-33)35(53-40)28-52-41(49)32-20-10-3-11-21-32/h1-27,35,38-40H,28-29H2/b45-27+/t35-,38-,39-,40-/m1/s1. The van der Waals surface area contributed by atoms with Gasteiger partial charge in [-0.25, -0.2) is 19.4 Å². The van der Waals surface area contributed by atoms with Gasteiger partial charge < -0.3 is 18.9 Å². The molecule has 2 heterocycles. The minimum atomic E-state index is -1.36. The fourth-order valence-corrected chi connectivity index (χ4v) is 6.95. The van der Waals surface area contributed by atoms with Crippen LogP contribution in [-0.2, 0) is 24.7 Å². The van der Waals surface area contributed by atoms with Gasteiger partial charge >= 0.3 is 17.9 Å². The highest BCUT2D eigenvalue weighted by Gasteiger charge is 2.52. The molecule has 12 heteroatoms. The van der Waals surface area contributed by atoms with Crippen molar-refractivity contribution in [2.75, 3.05) is 6.61 Å². The second-order valence-corrected chi connectivity index (χ2v) is 13.5. The maximum absolute atomic E-state index is 13.9. The van der Waals surface area contributed by atoms with E-state index in [1.165, 1.54) is 17.8 Å². The minimum Gasteiger partial charge on any atom is -0.459 e. The summed E-state index contributed by atoms with van der Waals surface area (Å²) in [6.07, 6.45) is -3.54. The first kappa shape index (κ1) is 37.7. The van der Waals surface area contributed by atoms with Gasteiger partial charge in [0.15, 0.2) is 23.6 Å². The van der Waals surface area contributed by atoms with Gasteiger partial charge in [0.2, 0.25) is 0 Å². The number of hydrogen-bond donors (Lipinski definition) is 0. The molecule has 0 saturated carbocycles. The van der Waals surface area contributed by atoms with Crippen molar-refractivity contribution in [1.82, 2.24) is 9.55 Å². The van der Waals surface area contributed by atoms with Crippen molar-refractivity contribution < 1.29 is 33.3 Å². The van der Waals surface area contributed by atoms with E-state index < -0.39 is 48.0 Å². The Hall–Kier alpha value is -6.63. The van der Waals surface area contributed by atoms with Crippen LogP contribution in [0.5, 0.6) is 0 Å². The van der Waals surface area contributed by atoms with Gasteiger partial charge in [0.05, 0.1) is 16.7 Å². The van der Waals surface area contributed by atoms with Crippen LogP contribution in [0.3, 0.4) is 0 Å². The van der Waals surface area contributed by atoms with E-state index in [1.807, 2.05) is 60.7 Å². The van der Waals surface area contributed by atoms with Crippen LogP contribution in [0, 0.1) is 0 Å². The molecule has 0 aliphatic carbocycles. The summed E-state index contributed by atoms with van der Waals surface area (Å²) in [5, 5.41) is 0.197. The van der Waals surface area contributed by atoms with E-state index in [1.54, 1.807) is 102 Å². The number of nitrogens with zero attached hydrogens (tertiary/aromatic N) is 3. The molecule has 4 atom stereocenters. The summed E-state index contributed by atoms with van der Waals surface area (Å²) in [6.45, 7) is -0.390. The van der Waals surface area contributed by atoms with Crippen molar-refractivity contribution in [2.45, 2.75) is 35.4 Å². The fraction of sp³-hybridized carbons (Fsp3) is 0.136. The largest absolute Gasteiger partial charge is 0.459 e. The van der Waals surface area contributed by atoms with Gasteiger partial charge in [-0.1, -0.05) is 127 Å². The first-order chi connectivity index (χ1) is 27.4. The van der Waals surface area contributed by atoms with Gasteiger partial charge in [-0.3, -0.25) is 9.36 Å². The number of aliphatic imine (C=N–C) groups is 1. The lowest BCUT2D eigenvalue weighted by Gasteiger charge is -2.27. The number of hydrogen-bond acceptors (Lipinski definition) is 11. The van der Waals surface area contributed by atoms with Crippen molar-refractivity contribution in [3.05, 3.63) is 196 Å². The Morgan fingerprint density at radius 1 is 0.679 bits per heavy atom. The van der Waals surface area contributed by atoms with E-state index in [-0.39, 0.29) is 28.7 Å². The summed E-state index contributed by atoms with van der Waals surface area (Å²) in [7, 11) is 0. The van der Waals surface area contributed by atoms with Crippen LogP contribution >= 0.6 is 11.8 Å². The molecule has 1 aromatic heterocycles. The molecule has 1 aliphatic rings. The summed E-state index contributed by atoms with van der Waals surface area (Å²) in [6, 6.07) is 45.2. The Bertz CT molecular complexity index is 2340. The van der Waals surface area contributed by atoms with Gasteiger partial charge in [0, 0.05) is 18.0 Å². The monoisotopic (exact) mass is 765 g/mol. The van der Waals surface area contributed by atoms with Crippen LogP contribution in [0.25, 0.3) is 0 Å². The number of thioether (sulfide) groups is 1. The quantitative estimate of drug-likeness (QED) is 0.0383. The first-order valence-corrected chi connectivity index (χ1v) is 18.7. The van der Waals surface area contributed by atoms with E-state index in [9.17, 15) is 19.2 Å². The van der Waals surface area contributed by atoms with Crippen molar-refractivity contribution >= 4 is 41.7 Å². The maximum atomic E-state index is 13.9.